The van der Waals surface area contributed by atoms with Gasteiger partial charge in [0.2, 0.25) is 0 Å². The molecule has 0 radical (unpaired) electrons. The summed E-state index contributed by atoms with van der Waals surface area (Å²) in [6, 6.07) is 4.85. The van der Waals surface area contributed by atoms with Crippen molar-refractivity contribution in [3.05, 3.63) is 47.5 Å². The van der Waals surface area contributed by atoms with Crippen LogP contribution in [-0.4, -0.2) is 34.7 Å². The van der Waals surface area contributed by atoms with Crippen LogP contribution in [0.4, 0.5) is 0 Å². The number of nitrogens with one attached hydrogen (secondary N) is 1. The topological polar surface area (TPSA) is 66.5 Å². The third-order valence-electron chi connectivity index (χ3n) is 6.96. The maximum absolute atomic E-state index is 13.0. The largest absolute Gasteiger partial charge is 0.347 e. The number of fused-ring (bicyclic) bond motifs is 1. The van der Waals surface area contributed by atoms with E-state index in [1.807, 2.05) is 0 Å². The average Bonchev–Trinajstić information content (AvgIpc) is 2.85. The molecule has 0 spiro atoms. The number of benzene rings is 1. The lowest BCUT2D eigenvalue weighted by atomic mass is 9.53. The minimum absolute atomic E-state index is 0.0699. The minimum atomic E-state index is -0.348. The molecule has 3 amide bonds. The van der Waals surface area contributed by atoms with E-state index >= 15 is 0 Å². The van der Waals surface area contributed by atoms with Crippen LogP contribution in [-0.2, 0) is 0 Å². The van der Waals surface area contributed by atoms with Gasteiger partial charge in [0.15, 0.2) is 0 Å². The van der Waals surface area contributed by atoms with Gasteiger partial charge >= 0.3 is 0 Å². The van der Waals surface area contributed by atoms with E-state index in [1.54, 1.807) is 18.2 Å². The zero-order valence-electron chi connectivity index (χ0n) is 15.4. The Hall–Kier alpha value is -2.43. The van der Waals surface area contributed by atoms with E-state index in [0.717, 1.165) is 37.0 Å². The smallest absolute Gasteiger partial charge is 0.261 e. The summed E-state index contributed by atoms with van der Waals surface area (Å²) < 4.78 is 0. The van der Waals surface area contributed by atoms with E-state index in [9.17, 15) is 14.4 Å². The highest BCUT2D eigenvalue weighted by atomic mass is 16.2. The lowest BCUT2D eigenvalue weighted by Gasteiger charge is -2.56. The Balaban J connectivity index is 1.39. The molecule has 4 fully saturated rings. The number of rotatable bonds is 4. The number of amides is 3. The SMILES string of the molecule is C=CCN1C(=O)c2ccc(C(=O)NC34CC5CC(CC(C5)C3)C4)cc2C1=O. The van der Waals surface area contributed by atoms with Crippen LogP contribution in [0.25, 0.3) is 0 Å². The van der Waals surface area contributed by atoms with Crippen molar-refractivity contribution >= 4 is 17.7 Å². The molecule has 5 heteroatoms. The fourth-order valence-corrected chi connectivity index (χ4v) is 6.30. The Morgan fingerprint density at radius 3 is 2.26 bits per heavy atom. The third-order valence-corrected chi connectivity index (χ3v) is 6.96. The predicted molar refractivity (Wildman–Crippen MR) is 100 cm³/mol. The van der Waals surface area contributed by atoms with E-state index in [0.29, 0.717) is 16.7 Å². The second-order valence-corrected chi connectivity index (χ2v) is 8.92. The Morgan fingerprint density at radius 1 is 1.07 bits per heavy atom. The van der Waals surface area contributed by atoms with Crippen LogP contribution >= 0.6 is 0 Å². The average molecular weight is 364 g/mol. The van der Waals surface area contributed by atoms with Crippen LogP contribution in [0.2, 0.25) is 0 Å². The molecule has 5 nitrogen and oxygen atoms in total. The van der Waals surface area contributed by atoms with Gasteiger partial charge in [-0.1, -0.05) is 6.08 Å². The maximum atomic E-state index is 13.0. The molecule has 0 saturated heterocycles. The zero-order chi connectivity index (χ0) is 18.8. The molecule has 5 aliphatic rings. The quantitative estimate of drug-likeness (QED) is 0.659. The summed E-state index contributed by atoms with van der Waals surface area (Å²) in [5, 5.41) is 3.33. The summed E-state index contributed by atoms with van der Waals surface area (Å²) in [7, 11) is 0. The molecular formula is C22H24N2O3. The van der Waals surface area contributed by atoms with Crippen LogP contribution in [0.3, 0.4) is 0 Å². The van der Waals surface area contributed by atoms with Gasteiger partial charge in [0.1, 0.15) is 0 Å². The summed E-state index contributed by atoms with van der Waals surface area (Å²) in [5.74, 6) is 1.47. The van der Waals surface area contributed by atoms with Crippen molar-refractivity contribution < 1.29 is 14.4 Å². The molecule has 1 aromatic carbocycles. The fourth-order valence-electron chi connectivity index (χ4n) is 6.30. The molecule has 140 valence electrons. The first-order valence-corrected chi connectivity index (χ1v) is 9.92. The van der Waals surface area contributed by atoms with E-state index < -0.39 is 0 Å². The summed E-state index contributed by atoms with van der Waals surface area (Å²) >= 11 is 0. The maximum Gasteiger partial charge on any atom is 0.261 e. The summed E-state index contributed by atoms with van der Waals surface area (Å²) in [6.07, 6.45) is 8.75. The first-order chi connectivity index (χ1) is 13.0. The molecule has 4 bridgehead atoms. The van der Waals surface area contributed by atoms with Crippen LogP contribution < -0.4 is 5.32 Å². The van der Waals surface area contributed by atoms with Crippen molar-refractivity contribution in [2.45, 2.75) is 44.1 Å². The van der Waals surface area contributed by atoms with Crippen molar-refractivity contribution in [1.82, 2.24) is 10.2 Å². The fraction of sp³-hybridized carbons (Fsp3) is 0.500. The van der Waals surface area contributed by atoms with Gasteiger partial charge in [-0.25, -0.2) is 0 Å². The lowest BCUT2D eigenvalue weighted by Crippen LogP contribution is -2.59. The second-order valence-electron chi connectivity index (χ2n) is 8.92. The van der Waals surface area contributed by atoms with Gasteiger partial charge < -0.3 is 5.32 Å². The van der Waals surface area contributed by atoms with Gasteiger partial charge in [-0.15, -0.1) is 6.58 Å². The Morgan fingerprint density at radius 2 is 1.67 bits per heavy atom. The third kappa shape index (κ3) is 2.55. The van der Waals surface area contributed by atoms with Crippen LogP contribution in [0.15, 0.2) is 30.9 Å². The van der Waals surface area contributed by atoms with E-state index in [4.69, 9.17) is 0 Å². The standard InChI is InChI=1S/C22H24N2O3/c1-2-5-24-20(26)17-4-3-16(9-18(17)21(24)27)19(25)23-22-10-13-6-14(11-22)8-15(7-13)12-22/h2-4,9,13-15H,1,5-8,10-12H2,(H,23,25). The van der Waals surface area contributed by atoms with E-state index in [-0.39, 0.29) is 29.8 Å². The molecule has 1 N–H and O–H groups in total. The Labute approximate surface area is 158 Å². The normalized spacial score (nSPS) is 33.3. The van der Waals surface area contributed by atoms with Gasteiger partial charge in [-0.3, -0.25) is 19.3 Å². The molecule has 27 heavy (non-hydrogen) atoms. The monoisotopic (exact) mass is 364 g/mol. The molecule has 0 unspecified atom stereocenters. The van der Waals surface area contributed by atoms with Gasteiger partial charge in [0.05, 0.1) is 11.1 Å². The molecule has 0 atom stereocenters. The summed E-state index contributed by atoms with van der Waals surface area (Å²) in [4.78, 5) is 39.0. The van der Waals surface area contributed by atoms with Crippen molar-refractivity contribution in [2.24, 2.45) is 17.8 Å². The second kappa shape index (κ2) is 5.78. The lowest BCUT2D eigenvalue weighted by molar-refractivity contribution is -0.0167. The van der Waals surface area contributed by atoms with Crippen molar-refractivity contribution in [2.75, 3.05) is 6.54 Å². The van der Waals surface area contributed by atoms with Gasteiger partial charge in [0.25, 0.3) is 17.7 Å². The number of hydrogen-bond donors (Lipinski definition) is 1. The van der Waals surface area contributed by atoms with Gasteiger partial charge in [-0.05, 0) is 74.5 Å². The predicted octanol–water partition coefficient (Wildman–Crippen LogP) is 3.17. The minimum Gasteiger partial charge on any atom is -0.347 e. The number of imide groups is 1. The molecule has 1 aromatic rings. The van der Waals surface area contributed by atoms with Gasteiger partial charge in [-0.2, -0.15) is 0 Å². The molecule has 1 heterocycles. The van der Waals surface area contributed by atoms with Crippen molar-refractivity contribution in [3.63, 3.8) is 0 Å². The number of carbonyl (C=O) groups is 3. The molecule has 0 aromatic heterocycles. The molecule has 4 aliphatic carbocycles. The van der Waals surface area contributed by atoms with Crippen LogP contribution in [0, 0.1) is 17.8 Å². The van der Waals surface area contributed by atoms with E-state index in [1.165, 1.54) is 30.2 Å². The first kappa shape index (κ1) is 16.7. The molecule has 4 saturated carbocycles. The summed E-state index contributed by atoms with van der Waals surface area (Å²) in [6.45, 7) is 3.78. The highest BCUT2D eigenvalue weighted by molar-refractivity contribution is 6.22. The van der Waals surface area contributed by atoms with Gasteiger partial charge in [0, 0.05) is 17.6 Å². The molecule has 6 rings (SSSR count). The highest BCUT2D eigenvalue weighted by Crippen LogP contribution is 2.55. The number of carbonyl (C=O) groups excluding carboxylic acids is 3. The Bertz CT molecular complexity index is 837. The number of hydrogen-bond acceptors (Lipinski definition) is 3. The van der Waals surface area contributed by atoms with Crippen molar-refractivity contribution in [3.8, 4) is 0 Å². The highest BCUT2D eigenvalue weighted by Gasteiger charge is 2.51. The number of nitrogens with zero attached hydrogens (tertiary/aromatic N) is 1. The molecule has 1 aliphatic heterocycles. The van der Waals surface area contributed by atoms with Crippen LogP contribution in [0.5, 0.6) is 0 Å². The first-order valence-electron chi connectivity index (χ1n) is 9.92. The Kier molecular flexibility index (Phi) is 3.58. The zero-order valence-corrected chi connectivity index (χ0v) is 15.4. The summed E-state index contributed by atoms with van der Waals surface area (Å²) in [5.41, 5.74) is 1.08. The molecular weight excluding hydrogens is 340 g/mol. The van der Waals surface area contributed by atoms with Crippen molar-refractivity contribution in [1.29, 1.82) is 0 Å². The van der Waals surface area contributed by atoms with Crippen LogP contribution in [0.1, 0.15) is 69.6 Å². The van der Waals surface area contributed by atoms with E-state index in [2.05, 4.69) is 11.9 Å².